The highest BCUT2D eigenvalue weighted by atomic mass is 35.5. The van der Waals surface area contributed by atoms with E-state index in [9.17, 15) is 13.2 Å². The molecule has 0 bridgehead atoms. The molecule has 0 spiro atoms. The molecule has 0 aromatic heterocycles. The summed E-state index contributed by atoms with van der Waals surface area (Å²) in [7, 11) is 0. The van der Waals surface area contributed by atoms with E-state index >= 15 is 0 Å². The summed E-state index contributed by atoms with van der Waals surface area (Å²) < 4.78 is 37.1. The standard InChI is InChI=1S/C10H9ClF3N/c1-6(5-15)8-4-7(10(12,13)14)2-3-9(8)11/h2-4H,1,5,15H2. The van der Waals surface area contributed by atoms with E-state index in [4.69, 9.17) is 17.3 Å². The summed E-state index contributed by atoms with van der Waals surface area (Å²) in [5, 5.41) is 0.221. The van der Waals surface area contributed by atoms with Crippen LogP contribution in [0.4, 0.5) is 13.2 Å². The first-order valence-corrected chi connectivity index (χ1v) is 4.49. The molecule has 0 aliphatic heterocycles. The lowest BCUT2D eigenvalue weighted by atomic mass is 10.0. The molecule has 5 heteroatoms. The van der Waals surface area contributed by atoms with Crippen LogP contribution in [0.1, 0.15) is 11.1 Å². The quantitative estimate of drug-likeness (QED) is 0.836. The molecule has 0 saturated carbocycles. The van der Waals surface area contributed by atoms with Gasteiger partial charge in [0.15, 0.2) is 0 Å². The summed E-state index contributed by atoms with van der Waals surface area (Å²) in [6.45, 7) is 3.62. The number of rotatable bonds is 2. The lowest BCUT2D eigenvalue weighted by Crippen LogP contribution is -2.07. The molecule has 0 fully saturated rings. The second kappa shape index (κ2) is 4.24. The van der Waals surface area contributed by atoms with Gasteiger partial charge in [0, 0.05) is 11.6 Å². The summed E-state index contributed by atoms with van der Waals surface area (Å²) in [5.41, 5.74) is 5.16. The molecule has 0 aliphatic rings. The van der Waals surface area contributed by atoms with E-state index in [-0.39, 0.29) is 17.1 Å². The zero-order valence-electron chi connectivity index (χ0n) is 7.74. The molecule has 15 heavy (non-hydrogen) atoms. The SMILES string of the molecule is C=C(CN)c1cc(C(F)(F)F)ccc1Cl. The highest BCUT2D eigenvalue weighted by Gasteiger charge is 2.30. The van der Waals surface area contributed by atoms with Crippen LogP contribution in [0.3, 0.4) is 0 Å². The first-order valence-electron chi connectivity index (χ1n) is 4.11. The first kappa shape index (κ1) is 12.1. The topological polar surface area (TPSA) is 26.0 Å². The van der Waals surface area contributed by atoms with Gasteiger partial charge >= 0.3 is 6.18 Å². The molecule has 0 unspecified atom stereocenters. The van der Waals surface area contributed by atoms with E-state index < -0.39 is 11.7 Å². The second-order valence-electron chi connectivity index (χ2n) is 3.00. The lowest BCUT2D eigenvalue weighted by Gasteiger charge is -2.11. The Bertz CT molecular complexity index is 385. The summed E-state index contributed by atoms with van der Waals surface area (Å²) in [6.07, 6.45) is -4.38. The van der Waals surface area contributed by atoms with E-state index in [0.29, 0.717) is 5.57 Å². The molecule has 0 amide bonds. The molecule has 0 radical (unpaired) electrons. The molecule has 1 aromatic carbocycles. The van der Waals surface area contributed by atoms with Crippen molar-refractivity contribution < 1.29 is 13.2 Å². The summed E-state index contributed by atoms with van der Waals surface area (Å²) in [4.78, 5) is 0. The van der Waals surface area contributed by atoms with Crippen molar-refractivity contribution in [3.05, 3.63) is 40.9 Å². The number of hydrogen-bond donors (Lipinski definition) is 1. The van der Waals surface area contributed by atoms with Crippen LogP contribution in [0.25, 0.3) is 5.57 Å². The Kier molecular flexibility index (Phi) is 3.42. The smallest absolute Gasteiger partial charge is 0.326 e. The van der Waals surface area contributed by atoms with Crippen LogP contribution in [-0.4, -0.2) is 6.54 Å². The molecule has 82 valence electrons. The van der Waals surface area contributed by atoms with Gasteiger partial charge in [0.25, 0.3) is 0 Å². The van der Waals surface area contributed by atoms with E-state index in [1.165, 1.54) is 6.07 Å². The number of alkyl halides is 3. The molecule has 2 N–H and O–H groups in total. The zero-order valence-corrected chi connectivity index (χ0v) is 8.49. The fraction of sp³-hybridized carbons (Fsp3) is 0.200. The van der Waals surface area contributed by atoms with Gasteiger partial charge in [-0.3, -0.25) is 0 Å². The maximum atomic E-state index is 12.4. The highest BCUT2D eigenvalue weighted by molar-refractivity contribution is 6.32. The largest absolute Gasteiger partial charge is 0.416 e. The number of benzene rings is 1. The Balaban J connectivity index is 3.23. The molecular formula is C10H9ClF3N. The van der Waals surface area contributed by atoms with E-state index in [1.807, 2.05) is 0 Å². The predicted octanol–water partition coefficient (Wildman–Crippen LogP) is 3.33. The minimum Gasteiger partial charge on any atom is -0.326 e. The summed E-state index contributed by atoms with van der Waals surface area (Å²) >= 11 is 5.74. The van der Waals surface area contributed by atoms with Crippen LogP contribution in [0, 0.1) is 0 Å². The van der Waals surface area contributed by atoms with Crippen LogP contribution in [0.5, 0.6) is 0 Å². The maximum absolute atomic E-state index is 12.4. The van der Waals surface area contributed by atoms with Gasteiger partial charge in [-0.2, -0.15) is 13.2 Å². The Morgan fingerprint density at radius 3 is 2.47 bits per heavy atom. The van der Waals surface area contributed by atoms with Crippen molar-refractivity contribution in [2.45, 2.75) is 6.18 Å². The lowest BCUT2D eigenvalue weighted by molar-refractivity contribution is -0.137. The first-order chi connectivity index (χ1) is 6.86. The van der Waals surface area contributed by atoms with E-state index in [1.54, 1.807) is 0 Å². The van der Waals surface area contributed by atoms with Crippen molar-refractivity contribution in [1.29, 1.82) is 0 Å². The van der Waals surface area contributed by atoms with Crippen molar-refractivity contribution in [3.8, 4) is 0 Å². The van der Waals surface area contributed by atoms with Crippen LogP contribution in [-0.2, 0) is 6.18 Å². The van der Waals surface area contributed by atoms with Crippen molar-refractivity contribution >= 4 is 17.2 Å². The number of hydrogen-bond acceptors (Lipinski definition) is 1. The van der Waals surface area contributed by atoms with E-state index in [2.05, 4.69) is 6.58 Å². The van der Waals surface area contributed by atoms with Gasteiger partial charge in [-0.15, -0.1) is 0 Å². The molecule has 1 aromatic rings. The monoisotopic (exact) mass is 235 g/mol. The Labute approximate surface area is 90.3 Å². The molecule has 0 heterocycles. The van der Waals surface area contributed by atoms with Crippen LogP contribution < -0.4 is 5.73 Å². The predicted molar refractivity (Wildman–Crippen MR) is 54.5 cm³/mol. The van der Waals surface area contributed by atoms with Gasteiger partial charge < -0.3 is 5.73 Å². The van der Waals surface area contributed by atoms with E-state index in [0.717, 1.165) is 12.1 Å². The molecule has 0 saturated heterocycles. The van der Waals surface area contributed by atoms with Crippen molar-refractivity contribution in [2.75, 3.05) is 6.54 Å². The van der Waals surface area contributed by atoms with Gasteiger partial charge in [0.1, 0.15) is 0 Å². The minimum absolute atomic E-state index is 0.0705. The fourth-order valence-electron chi connectivity index (χ4n) is 1.08. The summed E-state index contributed by atoms with van der Waals surface area (Å²) in [5.74, 6) is 0. The number of nitrogens with two attached hydrogens (primary N) is 1. The molecule has 1 nitrogen and oxygen atoms in total. The van der Waals surface area contributed by atoms with Crippen molar-refractivity contribution in [2.24, 2.45) is 5.73 Å². The van der Waals surface area contributed by atoms with Gasteiger partial charge in [-0.1, -0.05) is 18.2 Å². The van der Waals surface area contributed by atoms with Gasteiger partial charge in [0.05, 0.1) is 5.56 Å². The second-order valence-corrected chi connectivity index (χ2v) is 3.41. The third-order valence-electron chi connectivity index (χ3n) is 1.92. The fourth-order valence-corrected chi connectivity index (χ4v) is 1.33. The molecule has 1 rings (SSSR count). The van der Waals surface area contributed by atoms with Gasteiger partial charge in [-0.05, 0) is 29.3 Å². The average molecular weight is 236 g/mol. The van der Waals surface area contributed by atoms with Crippen molar-refractivity contribution in [1.82, 2.24) is 0 Å². The Morgan fingerprint density at radius 2 is 2.00 bits per heavy atom. The molecule has 0 atom stereocenters. The Hall–Kier alpha value is -1.00. The van der Waals surface area contributed by atoms with Gasteiger partial charge in [-0.25, -0.2) is 0 Å². The van der Waals surface area contributed by atoms with Crippen LogP contribution in [0.2, 0.25) is 5.02 Å². The van der Waals surface area contributed by atoms with Crippen molar-refractivity contribution in [3.63, 3.8) is 0 Å². The Morgan fingerprint density at radius 1 is 1.40 bits per heavy atom. The van der Waals surface area contributed by atoms with Gasteiger partial charge in [0.2, 0.25) is 0 Å². The third kappa shape index (κ3) is 2.73. The molecular weight excluding hydrogens is 227 g/mol. The molecule has 0 aliphatic carbocycles. The zero-order chi connectivity index (χ0) is 11.6. The van der Waals surface area contributed by atoms with Crippen LogP contribution in [0.15, 0.2) is 24.8 Å². The average Bonchev–Trinajstić information content (AvgIpc) is 2.15. The minimum atomic E-state index is -4.38. The number of halogens is 4. The third-order valence-corrected chi connectivity index (χ3v) is 2.25. The normalized spacial score (nSPS) is 11.5. The van der Waals surface area contributed by atoms with Crippen LogP contribution >= 0.6 is 11.6 Å². The summed E-state index contributed by atoms with van der Waals surface area (Å²) in [6, 6.07) is 3.08. The maximum Gasteiger partial charge on any atom is 0.416 e. The highest BCUT2D eigenvalue weighted by Crippen LogP contribution is 2.33.